The average molecular weight is 202 g/mol. The molecule has 0 saturated heterocycles. The molecule has 0 aromatic heterocycles. The topological polar surface area (TPSA) is 29.5 Å². The van der Waals surface area contributed by atoms with Gasteiger partial charge in [-0.2, -0.15) is 8.78 Å². The normalized spacial score (nSPS) is 13.0. The zero-order valence-electron chi connectivity index (χ0n) is 8.00. The number of halogens is 2. The summed E-state index contributed by atoms with van der Waals surface area (Å²) in [6.07, 6.45) is -0.684. The van der Waals surface area contributed by atoms with Crippen molar-refractivity contribution in [1.82, 2.24) is 0 Å². The van der Waals surface area contributed by atoms with Crippen LogP contribution in [0.15, 0.2) is 18.2 Å². The van der Waals surface area contributed by atoms with Gasteiger partial charge in [-0.1, -0.05) is 12.1 Å². The maximum atomic E-state index is 11.9. The van der Waals surface area contributed by atoms with Gasteiger partial charge in [0.1, 0.15) is 5.75 Å². The number of aliphatic hydroxyl groups excluding tert-OH is 1. The van der Waals surface area contributed by atoms with Crippen LogP contribution in [-0.2, 0) is 0 Å². The van der Waals surface area contributed by atoms with E-state index in [0.717, 1.165) is 0 Å². The van der Waals surface area contributed by atoms with E-state index in [2.05, 4.69) is 4.74 Å². The molecule has 1 N–H and O–H groups in total. The van der Waals surface area contributed by atoms with Crippen LogP contribution in [0, 0.1) is 6.92 Å². The molecule has 0 fully saturated rings. The highest BCUT2D eigenvalue weighted by Crippen LogP contribution is 2.26. The summed E-state index contributed by atoms with van der Waals surface area (Å²) >= 11 is 0. The number of hydrogen-bond acceptors (Lipinski definition) is 2. The van der Waals surface area contributed by atoms with Crippen LogP contribution in [0.4, 0.5) is 8.78 Å². The van der Waals surface area contributed by atoms with Crippen LogP contribution in [0.25, 0.3) is 0 Å². The molecule has 0 unspecified atom stereocenters. The second kappa shape index (κ2) is 4.37. The quantitative estimate of drug-likeness (QED) is 0.816. The summed E-state index contributed by atoms with van der Waals surface area (Å²) < 4.78 is 28.2. The molecular weight excluding hydrogens is 190 g/mol. The molecular formula is C10H12F2O2. The largest absolute Gasteiger partial charge is 0.435 e. The molecule has 0 bridgehead atoms. The van der Waals surface area contributed by atoms with E-state index in [4.69, 9.17) is 0 Å². The van der Waals surface area contributed by atoms with Gasteiger partial charge in [0.25, 0.3) is 0 Å². The maximum absolute atomic E-state index is 11.9. The monoisotopic (exact) mass is 202 g/mol. The fourth-order valence-electron chi connectivity index (χ4n) is 1.31. The van der Waals surface area contributed by atoms with Crippen molar-refractivity contribution in [2.24, 2.45) is 0 Å². The summed E-state index contributed by atoms with van der Waals surface area (Å²) in [7, 11) is 0. The first-order chi connectivity index (χ1) is 6.52. The third-order valence-corrected chi connectivity index (χ3v) is 1.99. The van der Waals surface area contributed by atoms with Crippen molar-refractivity contribution in [2.45, 2.75) is 26.6 Å². The molecule has 14 heavy (non-hydrogen) atoms. The molecule has 1 rings (SSSR count). The van der Waals surface area contributed by atoms with Gasteiger partial charge < -0.3 is 9.84 Å². The average Bonchev–Trinajstić information content (AvgIpc) is 2.07. The Labute approximate surface area is 81.1 Å². The summed E-state index contributed by atoms with van der Waals surface area (Å²) in [6.45, 7) is 0.381. The lowest BCUT2D eigenvalue weighted by molar-refractivity contribution is -0.0504. The standard InChI is InChI=1S/C10H12F2O2/c1-6-8(7(2)13)4-3-5-9(6)14-10(11)12/h3-5,7,10,13H,1-2H3/t7-/m1/s1. The van der Waals surface area contributed by atoms with Gasteiger partial charge >= 0.3 is 6.61 Å². The minimum Gasteiger partial charge on any atom is -0.435 e. The number of ether oxygens (including phenoxy) is 1. The summed E-state index contributed by atoms with van der Waals surface area (Å²) in [6, 6.07) is 4.71. The van der Waals surface area contributed by atoms with Gasteiger partial charge in [-0.3, -0.25) is 0 Å². The SMILES string of the molecule is Cc1c(OC(F)F)cccc1[C@@H](C)O. The minimum absolute atomic E-state index is 0.110. The molecule has 0 amide bonds. The molecule has 1 aromatic rings. The molecule has 1 atom stereocenters. The van der Waals surface area contributed by atoms with E-state index < -0.39 is 12.7 Å². The summed E-state index contributed by atoms with van der Waals surface area (Å²) in [5, 5.41) is 9.32. The lowest BCUT2D eigenvalue weighted by Crippen LogP contribution is -2.05. The smallest absolute Gasteiger partial charge is 0.387 e. The van der Waals surface area contributed by atoms with E-state index in [-0.39, 0.29) is 5.75 Å². The van der Waals surface area contributed by atoms with Crippen molar-refractivity contribution in [2.75, 3.05) is 0 Å². The van der Waals surface area contributed by atoms with E-state index in [1.165, 1.54) is 6.07 Å². The van der Waals surface area contributed by atoms with Crippen LogP contribution in [-0.4, -0.2) is 11.7 Å². The Morgan fingerprint density at radius 3 is 2.50 bits per heavy atom. The van der Waals surface area contributed by atoms with E-state index in [1.54, 1.807) is 26.0 Å². The van der Waals surface area contributed by atoms with Crippen LogP contribution in [0.5, 0.6) is 5.75 Å². The van der Waals surface area contributed by atoms with Crippen LogP contribution in [0.3, 0.4) is 0 Å². The summed E-state index contributed by atoms with van der Waals surface area (Å²) in [5.74, 6) is 0.110. The first-order valence-electron chi connectivity index (χ1n) is 4.24. The van der Waals surface area contributed by atoms with Gasteiger partial charge in [-0.05, 0) is 31.0 Å². The first-order valence-corrected chi connectivity index (χ1v) is 4.24. The zero-order valence-corrected chi connectivity index (χ0v) is 8.00. The molecule has 4 heteroatoms. The van der Waals surface area contributed by atoms with E-state index >= 15 is 0 Å². The van der Waals surface area contributed by atoms with Crippen molar-refractivity contribution < 1.29 is 18.6 Å². The van der Waals surface area contributed by atoms with Crippen LogP contribution in [0.2, 0.25) is 0 Å². The number of aliphatic hydroxyl groups is 1. The van der Waals surface area contributed by atoms with Crippen LogP contribution >= 0.6 is 0 Å². The Morgan fingerprint density at radius 2 is 2.00 bits per heavy atom. The fourth-order valence-corrected chi connectivity index (χ4v) is 1.31. The second-order valence-corrected chi connectivity index (χ2v) is 3.02. The predicted octanol–water partition coefficient (Wildman–Crippen LogP) is 2.65. The Bertz CT molecular complexity index is 311. The van der Waals surface area contributed by atoms with Crippen LogP contribution in [0.1, 0.15) is 24.2 Å². The molecule has 78 valence electrons. The molecule has 0 aliphatic heterocycles. The first kappa shape index (κ1) is 10.9. The van der Waals surface area contributed by atoms with Crippen LogP contribution < -0.4 is 4.74 Å². The van der Waals surface area contributed by atoms with Gasteiger partial charge in [-0.25, -0.2) is 0 Å². The molecule has 0 saturated carbocycles. The Kier molecular flexibility index (Phi) is 3.41. The predicted molar refractivity (Wildman–Crippen MR) is 48.4 cm³/mol. The molecule has 0 radical (unpaired) electrons. The lowest BCUT2D eigenvalue weighted by Gasteiger charge is -2.13. The number of rotatable bonds is 3. The molecule has 0 heterocycles. The highest BCUT2D eigenvalue weighted by atomic mass is 19.3. The molecule has 1 aromatic carbocycles. The zero-order chi connectivity index (χ0) is 10.7. The van der Waals surface area contributed by atoms with Crippen molar-refractivity contribution in [3.05, 3.63) is 29.3 Å². The van der Waals surface area contributed by atoms with E-state index in [0.29, 0.717) is 11.1 Å². The van der Waals surface area contributed by atoms with E-state index in [9.17, 15) is 13.9 Å². The molecule has 2 nitrogen and oxygen atoms in total. The third-order valence-electron chi connectivity index (χ3n) is 1.99. The van der Waals surface area contributed by atoms with Gasteiger partial charge in [0.15, 0.2) is 0 Å². The summed E-state index contributed by atoms with van der Waals surface area (Å²) in [5.41, 5.74) is 1.14. The van der Waals surface area contributed by atoms with Crippen molar-refractivity contribution >= 4 is 0 Å². The van der Waals surface area contributed by atoms with Gasteiger partial charge in [0.05, 0.1) is 6.10 Å². The molecule has 0 spiro atoms. The maximum Gasteiger partial charge on any atom is 0.387 e. The van der Waals surface area contributed by atoms with Crippen molar-refractivity contribution in [1.29, 1.82) is 0 Å². The van der Waals surface area contributed by atoms with E-state index in [1.807, 2.05) is 0 Å². The number of benzene rings is 1. The third kappa shape index (κ3) is 2.42. The Hall–Kier alpha value is -1.16. The van der Waals surface area contributed by atoms with Gasteiger partial charge in [0.2, 0.25) is 0 Å². The fraction of sp³-hybridized carbons (Fsp3) is 0.400. The Morgan fingerprint density at radius 1 is 1.36 bits per heavy atom. The van der Waals surface area contributed by atoms with Crippen molar-refractivity contribution in [3.8, 4) is 5.75 Å². The number of alkyl halides is 2. The molecule has 0 aliphatic carbocycles. The highest BCUT2D eigenvalue weighted by Gasteiger charge is 2.12. The van der Waals surface area contributed by atoms with Gasteiger partial charge in [0, 0.05) is 0 Å². The highest BCUT2D eigenvalue weighted by molar-refractivity contribution is 5.40. The lowest BCUT2D eigenvalue weighted by atomic mass is 10.0. The Balaban J connectivity index is 3.01. The second-order valence-electron chi connectivity index (χ2n) is 3.02. The summed E-state index contributed by atoms with van der Waals surface area (Å²) in [4.78, 5) is 0. The number of hydrogen-bond donors (Lipinski definition) is 1. The van der Waals surface area contributed by atoms with Crippen molar-refractivity contribution in [3.63, 3.8) is 0 Å². The van der Waals surface area contributed by atoms with Gasteiger partial charge in [-0.15, -0.1) is 0 Å². The molecule has 0 aliphatic rings. The minimum atomic E-state index is -2.84.